The Morgan fingerprint density at radius 3 is 1.88 bits per heavy atom. The first-order chi connectivity index (χ1) is 15.2. The van der Waals surface area contributed by atoms with E-state index in [1.165, 1.54) is 12.1 Å². The molecule has 2 rings (SSSR count). The number of nitrogens with zero attached hydrogens (tertiary/aromatic N) is 4. The molecule has 0 spiro atoms. The van der Waals surface area contributed by atoms with E-state index in [1.54, 1.807) is 47.6 Å². The Morgan fingerprint density at radius 2 is 1.45 bits per heavy atom. The van der Waals surface area contributed by atoms with Crippen LogP contribution in [0.15, 0.2) is 18.2 Å². The Balaban J connectivity index is 2.43. The quantitative estimate of drug-likeness (QED) is 0.466. The first-order valence-corrected chi connectivity index (χ1v) is 11.2. The summed E-state index contributed by atoms with van der Waals surface area (Å²) in [5, 5.41) is 11.8. The highest BCUT2D eigenvalue weighted by molar-refractivity contribution is 6.11. The average Bonchev–Trinajstić information content (AvgIpc) is 2.66. The second kappa shape index (κ2) is 10.5. The van der Waals surface area contributed by atoms with Crippen molar-refractivity contribution in [2.75, 3.05) is 37.6 Å². The molecule has 10 nitrogen and oxygen atoms in total. The molecule has 1 aliphatic rings. The van der Waals surface area contributed by atoms with Gasteiger partial charge in [0.15, 0.2) is 0 Å². The molecule has 0 atom stereocenters. The van der Waals surface area contributed by atoms with Gasteiger partial charge in [-0.2, -0.15) is 4.90 Å². The van der Waals surface area contributed by atoms with Gasteiger partial charge in [0, 0.05) is 38.8 Å². The number of ether oxygens (including phenoxy) is 2. The number of nitro benzene ring substituents is 1. The minimum atomic E-state index is -1.03. The fourth-order valence-electron chi connectivity index (χ4n) is 3.41. The van der Waals surface area contributed by atoms with Crippen LogP contribution in [0.25, 0.3) is 0 Å². The van der Waals surface area contributed by atoms with Crippen LogP contribution in [-0.2, 0) is 16.0 Å². The average molecular weight is 465 g/mol. The Bertz CT molecular complexity index is 839. The Hall–Kier alpha value is -2.72. The lowest BCUT2D eigenvalue weighted by molar-refractivity contribution is -0.384. The van der Waals surface area contributed by atoms with Crippen molar-refractivity contribution in [2.45, 2.75) is 66.2 Å². The molecule has 0 aromatic heterocycles. The number of hydrogen-bond acceptors (Lipinski definition) is 8. The van der Waals surface area contributed by atoms with Crippen LogP contribution in [0, 0.1) is 10.1 Å². The molecular formula is C23H36N4O6. The third kappa shape index (κ3) is 7.97. The van der Waals surface area contributed by atoms with Crippen LogP contribution in [0.1, 0.15) is 54.0 Å². The van der Waals surface area contributed by atoms with Crippen molar-refractivity contribution in [2.24, 2.45) is 0 Å². The van der Waals surface area contributed by atoms with E-state index in [0.29, 0.717) is 11.4 Å². The molecule has 1 aromatic carbocycles. The van der Waals surface area contributed by atoms with Crippen LogP contribution in [0.2, 0.25) is 0 Å². The molecule has 184 valence electrons. The number of likely N-dealkylation sites (N-methyl/N-ethyl adjacent to an activating group) is 1. The number of carbonyl (C=O) groups excluding carboxylic acids is 2. The third-order valence-electron chi connectivity index (χ3n) is 4.95. The monoisotopic (exact) mass is 464 g/mol. The van der Waals surface area contributed by atoms with Gasteiger partial charge in [-0.1, -0.05) is 13.0 Å². The molecule has 0 unspecified atom stereocenters. The summed E-state index contributed by atoms with van der Waals surface area (Å²) >= 11 is 0. The van der Waals surface area contributed by atoms with Crippen LogP contribution in [0.3, 0.4) is 0 Å². The number of carbonyl (C=O) groups is 2. The summed E-state index contributed by atoms with van der Waals surface area (Å²) in [7, 11) is 0. The van der Waals surface area contributed by atoms with Crippen LogP contribution in [0.5, 0.6) is 0 Å². The maximum absolute atomic E-state index is 13.0. The van der Waals surface area contributed by atoms with E-state index in [-0.39, 0.29) is 11.4 Å². The molecule has 1 saturated heterocycles. The van der Waals surface area contributed by atoms with Crippen molar-refractivity contribution in [3.05, 3.63) is 33.9 Å². The SMILES string of the molecule is CCN1CCN(Cc2ccc([N+](=O)[O-])c(N(C(=O)OC(C)(C)C)C(=O)OC(C)(C)C)c2)CC1. The lowest BCUT2D eigenvalue weighted by Crippen LogP contribution is -2.45. The molecule has 1 fully saturated rings. The molecular weight excluding hydrogens is 428 g/mol. The van der Waals surface area contributed by atoms with Crippen molar-refractivity contribution >= 4 is 23.6 Å². The van der Waals surface area contributed by atoms with E-state index in [0.717, 1.165) is 38.3 Å². The van der Waals surface area contributed by atoms with Gasteiger partial charge in [-0.15, -0.1) is 0 Å². The minimum Gasteiger partial charge on any atom is -0.443 e. The second-order valence-electron chi connectivity index (χ2n) is 10.1. The summed E-state index contributed by atoms with van der Waals surface area (Å²) in [6.07, 6.45) is -2.07. The number of imide groups is 1. The normalized spacial score (nSPS) is 15.7. The maximum atomic E-state index is 13.0. The smallest absolute Gasteiger partial charge is 0.424 e. The number of benzene rings is 1. The molecule has 0 aliphatic carbocycles. The fourth-order valence-corrected chi connectivity index (χ4v) is 3.41. The maximum Gasteiger partial charge on any atom is 0.424 e. The number of amides is 2. The van der Waals surface area contributed by atoms with Crippen LogP contribution in [-0.4, -0.2) is 70.8 Å². The summed E-state index contributed by atoms with van der Waals surface area (Å²) in [6, 6.07) is 4.46. The number of piperazine rings is 1. The lowest BCUT2D eigenvalue weighted by Gasteiger charge is -2.34. The van der Waals surface area contributed by atoms with Crippen molar-refractivity contribution in [3.63, 3.8) is 0 Å². The number of rotatable bonds is 5. The second-order valence-corrected chi connectivity index (χ2v) is 10.1. The van der Waals surface area contributed by atoms with E-state index in [4.69, 9.17) is 9.47 Å². The summed E-state index contributed by atoms with van der Waals surface area (Å²) in [5.74, 6) is 0. The number of nitro groups is 1. The zero-order valence-corrected chi connectivity index (χ0v) is 20.7. The lowest BCUT2D eigenvalue weighted by atomic mass is 10.1. The van der Waals surface area contributed by atoms with Crippen LogP contribution >= 0.6 is 0 Å². The standard InChI is InChI=1S/C23H36N4O6/c1-8-24-11-13-25(14-12-24)16-17-9-10-18(27(30)31)19(15-17)26(20(28)32-22(2,3)4)21(29)33-23(5,6)7/h9-10,15H,8,11-14,16H2,1-7H3. The first kappa shape index (κ1) is 26.5. The zero-order chi connectivity index (χ0) is 25.0. The Labute approximate surface area is 195 Å². The van der Waals surface area contributed by atoms with Gasteiger partial charge < -0.3 is 14.4 Å². The molecule has 2 amide bonds. The summed E-state index contributed by atoms with van der Waals surface area (Å²) in [5.41, 5.74) is -1.64. The molecule has 33 heavy (non-hydrogen) atoms. The minimum absolute atomic E-state index is 0.173. The van der Waals surface area contributed by atoms with Gasteiger partial charge in [-0.25, -0.2) is 9.59 Å². The molecule has 0 radical (unpaired) electrons. The van der Waals surface area contributed by atoms with Gasteiger partial charge in [0.05, 0.1) is 4.92 Å². The van der Waals surface area contributed by atoms with Gasteiger partial charge in [0.1, 0.15) is 16.9 Å². The predicted molar refractivity (Wildman–Crippen MR) is 125 cm³/mol. The Kier molecular flexibility index (Phi) is 8.42. The van der Waals surface area contributed by atoms with E-state index >= 15 is 0 Å². The van der Waals surface area contributed by atoms with Gasteiger partial charge in [0.2, 0.25) is 0 Å². The van der Waals surface area contributed by atoms with Crippen molar-refractivity contribution in [1.29, 1.82) is 0 Å². The largest absolute Gasteiger partial charge is 0.443 e. The molecule has 0 bridgehead atoms. The van der Waals surface area contributed by atoms with Crippen LogP contribution in [0.4, 0.5) is 21.0 Å². The molecule has 1 heterocycles. The van der Waals surface area contributed by atoms with Gasteiger partial charge in [0.25, 0.3) is 5.69 Å². The molecule has 10 heteroatoms. The van der Waals surface area contributed by atoms with E-state index in [9.17, 15) is 19.7 Å². The number of hydrogen-bond donors (Lipinski definition) is 0. The van der Waals surface area contributed by atoms with Crippen LogP contribution < -0.4 is 4.90 Å². The van der Waals surface area contributed by atoms with Crippen molar-refractivity contribution in [1.82, 2.24) is 9.80 Å². The van der Waals surface area contributed by atoms with E-state index < -0.39 is 28.3 Å². The van der Waals surface area contributed by atoms with Gasteiger partial charge in [-0.05, 0) is 59.7 Å². The van der Waals surface area contributed by atoms with E-state index in [1.807, 2.05) is 0 Å². The first-order valence-electron chi connectivity index (χ1n) is 11.2. The Morgan fingerprint density at radius 1 is 0.970 bits per heavy atom. The summed E-state index contributed by atoms with van der Waals surface area (Å²) in [4.78, 5) is 42.3. The highest BCUT2D eigenvalue weighted by Gasteiger charge is 2.37. The fraction of sp³-hybridized carbons (Fsp3) is 0.652. The van der Waals surface area contributed by atoms with Gasteiger partial charge >= 0.3 is 12.2 Å². The predicted octanol–water partition coefficient (Wildman–Crippen LogP) is 4.41. The molecule has 0 N–H and O–H groups in total. The summed E-state index contributed by atoms with van der Waals surface area (Å²) < 4.78 is 10.8. The third-order valence-corrected chi connectivity index (χ3v) is 4.95. The number of anilines is 1. The highest BCUT2D eigenvalue weighted by atomic mass is 16.6. The molecule has 1 aromatic rings. The van der Waals surface area contributed by atoms with Crippen molar-refractivity contribution in [3.8, 4) is 0 Å². The highest BCUT2D eigenvalue weighted by Crippen LogP contribution is 2.32. The molecule has 0 saturated carbocycles. The van der Waals surface area contributed by atoms with Crippen molar-refractivity contribution < 1.29 is 24.0 Å². The topological polar surface area (TPSA) is 105 Å². The van der Waals surface area contributed by atoms with Gasteiger partial charge in [-0.3, -0.25) is 15.0 Å². The zero-order valence-electron chi connectivity index (χ0n) is 20.7. The summed E-state index contributed by atoms with van der Waals surface area (Å²) in [6.45, 7) is 17.2. The van der Waals surface area contributed by atoms with E-state index in [2.05, 4.69) is 16.7 Å². The molecule has 1 aliphatic heterocycles.